The van der Waals surface area contributed by atoms with Crippen LogP contribution in [-0.4, -0.2) is 24.5 Å². The summed E-state index contributed by atoms with van der Waals surface area (Å²) in [6, 6.07) is 6.25. The van der Waals surface area contributed by atoms with Crippen LogP contribution in [0.25, 0.3) is 0 Å². The Morgan fingerprint density at radius 2 is 2.13 bits per heavy atom. The van der Waals surface area contributed by atoms with Crippen LogP contribution in [0.4, 0.5) is 9.18 Å². The molecule has 1 aromatic rings. The topological polar surface area (TPSA) is 32.3 Å². The quantitative estimate of drug-likeness (QED) is 0.813. The SMILES string of the molecule is CCNC(=O)N(C)Cc1ccccc1F. The maximum atomic E-state index is 13.2. The second-order valence-electron chi connectivity index (χ2n) is 3.28. The molecule has 0 aliphatic carbocycles. The molecule has 0 aromatic heterocycles. The number of nitrogens with zero attached hydrogens (tertiary/aromatic N) is 1. The van der Waals surface area contributed by atoms with Crippen molar-refractivity contribution in [3.05, 3.63) is 35.6 Å². The Kier molecular flexibility index (Phi) is 4.09. The van der Waals surface area contributed by atoms with Crippen molar-refractivity contribution in [3.63, 3.8) is 0 Å². The lowest BCUT2D eigenvalue weighted by Crippen LogP contribution is -2.36. The minimum Gasteiger partial charge on any atom is -0.338 e. The number of carbonyl (C=O) groups is 1. The molecule has 0 aliphatic heterocycles. The monoisotopic (exact) mass is 210 g/mol. The molecule has 15 heavy (non-hydrogen) atoms. The molecule has 0 heterocycles. The number of hydrogen-bond donors (Lipinski definition) is 1. The molecular weight excluding hydrogens is 195 g/mol. The number of hydrogen-bond acceptors (Lipinski definition) is 1. The molecule has 1 N–H and O–H groups in total. The zero-order valence-corrected chi connectivity index (χ0v) is 8.96. The summed E-state index contributed by atoms with van der Waals surface area (Å²) >= 11 is 0. The molecule has 0 bridgehead atoms. The summed E-state index contributed by atoms with van der Waals surface area (Å²) in [4.78, 5) is 12.8. The molecule has 0 radical (unpaired) electrons. The van der Waals surface area contributed by atoms with Gasteiger partial charge in [0.1, 0.15) is 5.82 Å². The molecule has 0 spiro atoms. The van der Waals surface area contributed by atoms with Gasteiger partial charge in [-0.3, -0.25) is 0 Å². The summed E-state index contributed by atoms with van der Waals surface area (Å²) in [7, 11) is 1.64. The molecular formula is C11H15FN2O. The van der Waals surface area contributed by atoms with E-state index in [-0.39, 0.29) is 18.4 Å². The van der Waals surface area contributed by atoms with Gasteiger partial charge >= 0.3 is 6.03 Å². The molecule has 0 saturated carbocycles. The standard InChI is InChI=1S/C11H15FN2O/c1-3-13-11(15)14(2)8-9-6-4-5-7-10(9)12/h4-7H,3,8H2,1-2H3,(H,13,15). The molecule has 2 amide bonds. The van der Waals surface area contributed by atoms with Gasteiger partial charge in [0.15, 0.2) is 0 Å². The van der Waals surface area contributed by atoms with Crippen LogP contribution in [0.5, 0.6) is 0 Å². The van der Waals surface area contributed by atoms with Crippen LogP contribution in [0.15, 0.2) is 24.3 Å². The largest absolute Gasteiger partial charge is 0.338 e. The lowest BCUT2D eigenvalue weighted by atomic mass is 10.2. The van der Waals surface area contributed by atoms with Crippen LogP contribution in [0.3, 0.4) is 0 Å². The van der Waals surface area contributed by atoms with E-state index in [2.05, 4.69) is 5.32 Å². The highest BCUT2D eigenvalue weighted by molar-refractivity contribution is 5.73. The molecule has 1 aromatic carbocycles. The molecule has 0 fully saturated rings. The van der Waals surface area contributed by atoms with Crippen LogP contribution < -0.4 is 5.32 Å². The third-order valence-electron chi connectivity index (χ3n) is 2.04. The fourth-order valence-electron chi connectivity index (χ4n) is 1.24. The molecule has 0 atom stereocenters. The van der Waals surface area contributed by atoms with Gasteiger partial charge in [0.05, 0.1) is 0 Å². The molecule has 4 heteroatoms. The highest BCUT2D eigenvalue weighted by Crippen LogP contribution is 2.08. The zero-order chi connectivity index (χ0) is 11.3. The predicted octanol–water partition coefficient (Wildman–Crippen LogP) is 1.99. The van der Waals surface area contributed by atoms with Crippen LogP contribution >= 0.6 is 0 Å². The van der Waals surface area contributed by atoms with Crippen LogP contribution in [0.1, 0.15) is 12.5 Å². The number of nitrogens with one attached hydrogen (secondary N) is 1. The summed E-state index contributed by atoms with van der Waals surface area (Å²) in [5.41, 5.74) is 0.520. The first-order chi connectivity index (χ1) is 7.15. The lowest BCUT2D eigenvalue weighted by molar-refractivity contribution is 0.207. The summed E-state index contributed by atoms with van der Waals surface area (Å²) in [6.07, 6.45) is 0. The fraction of sp³-hybridized carbons (Fsp3) is 0.364. The second-order valence-corrected chi connectivity index (χ2v) is 3.28. The zero-order valence-electron chi connectivity index (χ0n) is 8.96. The van der Waals surface area contributed by atoms with E-state index < -0.39 is 0 Å². The summed E-state index contributed by atoms with van der Waals surface area (Å²) in [6.45, 7) is 2.69. The van der Waals surface area contributed by atoms with Gasteiger partial charge in [0, 0.05) is 25.7 Å². The smallest absolute Gasteiger partial charge is 0.317 e. The van der Waals surface area contributed by atoms with E-state index in [1.54, 1.807) is 25.2 Å². The molecule has 0 saturated heterocycles. The van der Waals surface area contributed by atoms with Crippen molar-refractivity contribution in [2.45, 2.75) is 13.5 Å². The molecule has 1 rings (SSSR count). The van der Waals surface area contributed by atoms with Gasteiger partial charge in [-0.15, -0.1) is 0 Å². The van der Waals surface area contributed by atoms with Crippen molar-refractivity contribution in [3.8, 4) is 0 Å². The van der Waals surface area contributed by atoms with E-state index >= 15 is 0 Å². The van der Waals surface area contributed by atoms with Crippen molar-refractivity contribution in [2.75, 3.05) is 13.6 Å². The van der Waals surface area contributed by atoms with E-state index in [1.165, 1.54) is 11.0 Å². The van der Waals surface area contributed by atoms with Gasteiger partial charge in [-0.05, 0) is 13.0 Å². The molecule has 82 valence electrons. The summed E-state index contributed by atoms with van der Waals surface area (Å²) in [5, 5.41) is 2.65. The van der Waals surface area contributed by atoms with Crippen LogP contribution in [0.2, 0.25) is 0 Å². The van der Waals surface area contributed by atoms with Gasteiger partial charge in [-0.2, -0.15) is 0 Å². The molecule has 3 nitrogen and oxygen atoms in total. The Hall–Kier alpha value is -1.58. The number of urea groups is 1. The Labute approximate surface area is 88.9 Å². The minimum atomic E-state index is -0.284. The maximum Gasteiger partial charge on any atom is 0.317 e. The van der Waals surface area contributed by atoms with Gasteiger partial charge < -0.3 is 10.2 Å². The van der Waals surface area contributed by atoms with Gasteiger partial charge in [0.25, 0.3) is 0 Å². The Morgan fingerprint density at radius 3 is 2.73 bits per heavy atom. The predicted molar refractivity (Wildman–Crippen MR) is 56.9 cm³/mol. The number of carbonyl (C=O) groups excluding carboxylic acids is 1. The minimum absolute atomic E-state index is 0.194. The first-order valence-corrected chi connectivity index (χ1v) is 4.87. The number of halogens is 1. The van der Waals surface area contributed by atoms with Crippen molar-refractivity contribution in [1.29, 1.82) is 0 Å². The van der Waals surface area contributed by atoms with Crippen molar-refractivity contribution in [2.24, 2.45) is 0 Å². The third kappa shape index (κ3) is 3.23. The highest BCUT2D eigenvalue weighted by Gasteiger charge is 2.09. The first-order valence-electron chi connectivity index (χ1n) is 4.87. The van der Waals surface area contributed by atoms with Gasteiger partial charge in [-0.1, -0.05) is 18.2 Å². The summed E-state index contributed by atoms with van der Waals surface area (Å²) in [5.74, 6) is -0.284. The van der Waals surface area contributed by atoms with Gasteiger partial charge in [0.2, 0.25) is 0 Å². The summed E-state index contributed by atoms with van der Waals surface area (Å²) < 4.78 is 13.2. The highest BCUT2D eigenvalue weighted by atomic mass is 19.1. The van der Waals surface area contributed by atoms with Crippen LogP contribution in [0, 0.1) is 5.82 Å². The van der Waals surface area contributed by atoms with E-state index in [9.17, 15) is 9.18 Å². The Morgan fingerprint density at radius 1 is 1.47 bits per heavy atom. The number of rotatable bonds is 3. The van der Waals surface area contributed by atoms with Crippen molar-refractivity contribution < 1.29 is 9.18 Å². The average Bonchev–Trinajstić information content (AvgIpc) is 2.21. The molecule has 0 aliphatic rings. The number of benzene rings is 1. The van der Waals surface area contributed by atoms with Crippen molar-refractivity contribution in [1.82, 2.24) is 10.2 Å². The number of amides is 2. The third-order valence-corrected chi connectivity index (χ3v) is 2.04. The van der Waals surface area contributed by atoms with E-state index in [0.717, 1.165) is 0 Å². The van der Waals surface area contributed by atoms with E-state index in [4.69, 9.17) is 0 Å². The van der Waals surface area contributed by atoms with E-state index in [1.807, 2.05) is 6.92 Å². The first kappa shape index (κ1) is 11.5. The van der Waals surface area contributed by atoms with E-state index in [0.29, 0.717) is 12.1 Å². The Balaban J connectivity index is 2.62. The van der Waals surface area contributed by atoms with Gasteiger partial charge in [-0.25, -0.2) is 9.18 Å². The van der Waals surface area contributed by atoms with Crippen molar-refractivity contribution >= 4 is 6.03 Å². The lowest BCUT2D eigenvalue weighted by Gasteiger charge is -2.17. The Bertz CT molecular complexity index is 341. The average molecular weight is 210 g/mol. The second kappa shape index (κ2) is 5.34. The normalized spacial score (nSPS) is 9.80. The molecule has 0 unspecified atom stereocenters. The fourth-order valence-corrected chi connectivity index (χ4v) is 1.24. The van der Waals surface area contributed by atoms with Crippen LogP contribution in [-0.2, 0) is 6.54 Å². The maximum absolute atomic E-state index is 13.2.